The van der Waals surface area contributed by atoms with Gasteiger partial charge in [0.15, 0.2) is 0 Å². The Morgan fingerprint density at radius 2 is 1.91 bits per heavy atom. The molecule has 0 saturated carbocycles. The van der Waals surface area contributed by atoms with Crippen LogP contribution in [0.4, 0.5) is 10.5 Å². The van der Waals surface area contributed by atoms with Crippen LogP contribution < -0.4 is 10.6 Å². The van der Waals surface area contributed by atoms with Crippen LogP contribution in [0.25, 0.3) is 0 Å². The van der Waals surface area contributed by atoms with Gasteiger partial charge in [-0.25, -0.2) is 9.78 Å². The van der Waals surface area contributed by atoms with Crippen molar-refractivity contribution in [1.29, 1.82) is 0 Å². The molecule has 0 bridgehead atoms. The van der Waals surface area contributed by atoms with E-state index in [1.807, 2.05) is 20.8 Å². The van der Waals surface area contributed by atoms with Crippen LogP contribution in [0, 0.1) is 0 Å². The smallest absolute Gasteiger partial charge is 0.410 e. The third kappa shape index (κ3) is 6.31. The number of benzene rings is 1. The minimum atomic E-state index is -0.564. The molecule has 0 aliphatic carbocycles. The Bertz CT molecular complexity index is 1030. The maximum atomic E-state index is 12.4. The number of nitrogens with one attached hydrogen (secondary N) is 2. The van der Waals surface area contributed by atoms with E-state index in [9.17, 15) is 14.7 Å². The number of likely N-dealkylation sites (tertiary alicyclic amines) is 1. The molecule has 2 amide bonds. The summed E-state index contributed by atoms with van der Waals surface area (Å²) >= 11 is 6.26. The summed E-state index contributed by atoms with van der Waals surface area (Å²) in [6.45, 7) is 12.4. The van der Waals surface area contributed by atoms with E-state index in [1.165, 1.54) is 17.2 Å². The van der Waals surface area contributed by atoms with Gasteiger partial charge in [-0.3, -0.25) is 4.79 Å². The number of amides is 2. The number of hydrogen-bond donors (Lipinski definition) is 3. The van der Waals surface area contributed by atoms with E-state index < -0.39 is 17.6 Å². The third-order valence-electron chi connectivity index (χ3n) is 4.96. The van der Waals surface area contributed by atoms with Crippen molar-refractivity contribution >= 4 is 29.3 Å². The second-order valence-corrected chi connectivity index (χ2v) is 10.5. The summed E-state index contributed by atoms with van der Waals surface area (Å²) in [7, 11) is 0. The minimum Gasteiger partial charge on any atom is -0.506 e. The molecule has 0 spiro atoms. The van der Waals surface area contributed by atoms with E-state index in [0.717, 1.165) is 5.56 Å². The number of nitrogens with zero attached hydrogens (tertiary/aromatic N) is 2. The van der Waals surface area contributed by atoms with Gasteiger partial charge >= 0.3 is 12.0 Å². The lowest BCUT2D eigenvalue weighted by Gasteiger charge is -2.39. The highest BCUT2D eigenvalue weighted by Crippen LogP contribution is 2.37. The summed E-state index contributed by atoms with van der Waals surface area (Å²) in [6.07, 6.45) is 1.05. The molecule has 2 heterocycles. The number of hydrogen-bond acceptors (Lipinski definition) is 7. The molecule has 33 heavy (non-hydrogen) atoms. The summed E-state index contributed by atoms with van der Waals surface area (Å²) in [5.41, 5.74) is 0.635. The van der Waals surface area contributed by atoms with Crippen molar-refractivity contribution in [2.75, 3.05) is 18.4 Å². The molecule has 0 atom stereocenters. The van der Waals surface area contributed by atoms with Crippen LogP contribution in [0.15, 0.2) is 22.7 Å². The van der Waals surface area contributed by atoms with Crippen LogP contribution >= 0.6 is 11.6 Å². The predicted molar refractivity (Wildman–Crippen MR) is 125 cm³/mol. The van der Waals surface area contributed by atoms with Crippen LogP contribution in [0.5, 0.6) is 5.75 Å². The van der Waals surface area contributed by atoms with Crippen LogP contribution in [0.1, 0.15) is 63.6 Å². The van der Waals surface area contributed by atoms with E-state index in [-0.39, 0.29) is 29.6 Å². The largest absolute Gasteiger partial charge is 0.506 e. The number of phenols is 1. The van der Waals surface area contributed by atoms with Gasteiger partial charge in [0.2, 0.25) is 0 Å². The second kappa shape index (κ2) is 9.13. The van der Waals surface area contributed by atoms with E-state index in [2.05, 4.69) is 15.6 Å². The Hall–Kier alpha value is -2.94. The van der Waals surface area contributed by atoms with Gasteiger partial charge in [-0.1, -0.05) is 32.4 Å². The van der Waals surface area contributed by atoms with Crippen molar-refractivity contribution in [2.45, 2.75) is 65.1 Å². The Kier molecular flexibility index (Phi) is 6.83. The van der Waals surface area contributed by atoms with Crippen molar-refractivity contribution in [3.05, 3.63) is 40.6 Å². The number of ether oxygens (including phenoxy) is 1. The molecular formula is C23H31ClN4O5. The summed E-state index contributed by atoms with van der Waals surface area (Å²) < 4.78 is 10.8. The molecule has 1 fully saturated rings. The monoisotopic (exact) mass is 478 g/mol. The molecule has 180 valence electrons. The van der Waals surface area contributed by atoms with E-state index >= 15 is 0 Å². The average Bonchev–Trinajstić information content (AvgIpc) is 3.10. The second-order valence-electron chi connectivity index (χ2n) is 10.1. The maximum Gasteiger partial charge on any atom is 0.410 e. The summed E-state index contributed by atoms with van der Waals surface area (Å²) in [4.78, 5) is 29.9. The number of phenolic OH excluding ortho intramolecular Hbond substituents is 1. The van der Waals surface area contributed by atoms with E-state index in [1.54, 1.807) is 26.8 Å². The van der Waals surface area contributed by atoms with Gasteiger partial charge in [-0.05, 0) is 37.8 Å². The standard InChI is InChI=1S/C23H31ClN4O5/c1-22(2,3)15-7-17(18(29)8-16(15)24)25-9-14-10-26-20(32-14)19(30)27-13-11-28(12-13)21(31)33-23(4,5)6/h7-8,10,13,25,29H,9,11-12H2,1-6H3,(H,27,30). The topological polar surface area (TPSA) is 117 Å². The van der Waals surface area contributed by atoms with Gasteiger partial charge in [0.05, 0.1) is 24.5 Å². The van der Waals surface area contributed by atoms with Crippen LogP contribution in [-0.2, 0) is 16.7 Å². The normalized spacial score (nSPS) is 14.6. The zero-order chi connectivity index (χ0) is 24.6. The quantitative estimate of drug-likeness (QED) is 0.548. The molecule has 0 unspecified atom stereocenters. The number of halogens is 1. The summed E-state index contributed by atoms with van der Waals surface area (Å²) in [5, 5.41) is 16.6. The summed E-state index contributed by atoms with van der Waals surface area (Å²) in [5.74, 6) is -0.0847. The number of carbonyl (C=O) groups excluding carboxylic acids is 2. The van der Waals surface area contributed by atoms with Crippen molar-refractivity contribution in [2.24, 2.45) is 0 Å². The Labute approximate surface area is 198 Å². The number of rotatable bonds is 5. The van der Waals surface area contributed by atoms with Gasteiger partial charge in [-0.2, -0.15) is 0 Å². The average molecular weight is 479 g/mol. The van der Waals surface area contributed by atoms with Crippen molar-refractivity contribution in [3.63, 3.8) is 0 Å². The number of aromatic nitrogens is 1. The molecule has 1 aliphatic heterocycles. The first-order chi connectivity index (χ1) is 15.2. The molecule has 0 radical (unpaired) electrons. The van der Waals surface area contributed by atoms with Crippen LogP contribution in [0.3, 0.4) is 0 Å². The molecule has 1 saturated heterocycles. The lowest BCUT2D eigenvalue weighted by atomic mass is 9.86. The first kappa shape index (κ1) is 24.7. The summed E-state index contributed by atoms with van der Waals surface area (Å²) in [6, 6.07) is 3.11. The van der Waals surface area contributed by atoms with Crippen molar-refractivity contribution in [1.82, 2.24) is 15.2 Å². The highest BCUT2D eigenvalue weighted by Gasteiger charge is 2.35. The van der Waals surface area contributed by atoms with E-state index in [4.69, 9.17) is 20.8 Å². The third-order valence-corrected chi connectivity index (χ3v) is 5.28. The predicted octanol–water partition coefficient (Wildman–Crippen LogP) is 4.29. The fourth-order valence-corrected chi connectivity index (χ4v) is 3.69. The molecule has 3 N–H and O–H groups in total. The number of carbonyl (C=O) groups is 2. The number of aromatic hydroxyl groups is 1. The molecular weight excluding hydrogens is 448 g/mol. The van der Waals surface area contributed by atoms with E-state index in [0.29, 0.717) is 29.6 Å². The molecule has 1 aromatic heterocycles. The zero-order valence-corrected chi connectivity index (χ0v) is 20.5. The van der Waals surface area contributed by atoms with Gasteiger partial charge in [0.1, 0.15) is 17.1 Å². The van der Waals surface area contributed by atoms with Gasteiger partial charge in [0, 0.05) is 24.2 Å². The maximum absolute atomic E-state index is 12.4. The highest BCUT2D eigenvalue weighted by atomic mass is 35.5. The Balaban J connectivity index is 1.53. The first-order valence-corrected chi connectivity index (χ1v) is 11.1. The molecule has 2 aromatic rings. The van der Waals surface area contributed by atoms with Gasteiger partial charge in [0.25, 0.3) is 5.89 Å². The van der Waals surface area contributed by atoms with Crippen molar-refractivity contribution < 1.29 is 23.8 Å². The van der Waals surface area contributed by atoms with Crippen LogP contribution in [-0.4, -0.2) is 51.7 Å². The number of oxazole rings is 1. The SMILES string of the molecule is CC(C)(C)OC(=O)N1CC(NC(=O)c2ncc(CNc3cc(C(C)(C)C)c(Cl)cc3O)o2)C1. The van der Waals surface area contributed by atoms with Crippen molar-refractivity contribution in [3.8, 4) is 5.75 Å². The zero-order valence-electron chi connectivity index (χ0n) is 19.8. The lowest BCUT2D eigenvalue weighted by molar-refractivity contribution is 0.00518. The highest BCUT2D eigenvalue weighted by molar-refractivity contribution is 6.31. The molecule has 10 heteroatoms. The lowest BCUT2D eigenvalue weighted by Crippen LogP contribution is -2.61. The molecule has 1 aliphatic rings. The van der Waals surface area contributed by atoms with Crippen LogP contribution in [0.2, 0.25) is 5.02 Å². The van der Waals surface area contributed by atoms with Gasteiger partial charge < -0.3 is 29.8 Å². The first-order valence-electron chi connectivity index (χ1n) is 10.7. The number of anilines is 1. The fourth-order valence-electron chi connectivity index (χ4n) is 3.25. The molecule has 1 aromatic carbocycles. The fraction of sp³-hybridized carbons (Fsp3) is 0.522. The Morgan fingerprint density at radius 3 is 2.52 bits per heavy atom. The molecule has 3 rings (SSSR count). The minimum absolute atomic E-state index is 0.0185. The Morgan fingerprint density at radius 1 is 1.24 bits per heavy atom. The molecule has 9 nitrogen and oxygen atoms in total. The van der Waals surface area contributed by atoms with Gasteiger partial charge in [-0.15, -0.1) is 0 Å².